The number of phenols is 2. The van der Waals surface area contributed by atoms with E-state index in [1.165, 1.54) is 48.5 Å². The van der Waals surface area contributed by atoms with E-state index < -0.39 is 280 Å². The van der Waals surface area contributed by atoms with E-state index in [4.69, 9.17) is 5.73 Å². The zero-order valence-corrected chi connectivity index (χ0v) is 76.6. The van der Waals surface area contributed by atoms with Crippen molar-refractivity contribution >= 4 is 123 Å². The second-order valence-corrected chi connectivity index (χ2v) is 35.9. The van der Waals surface area contributed by atoms with E-state index in [-0.39, 0.29) is 96.7 Å². The lowest BCUT2D eigenvalue weighted by Gasteiger charge is -2.28. The number of aliphatic hydroxyl groups excluding tert-OH is 4. The summed E-state index contributed by atoms with van der Waals surface area (Å²) in [5, 5.41) is 111. The maximum Gasteiger partial charge on any atom is 0.304 e. The van der Waals surface area contributed by atoms with Gasteiger partial charge >= 0.3 is 17.9 Å². The van der Waals surface area contributed by atoms with Gasteiger partial charge in [0.25, 0.3) is 0 Å². The second kappa shape index (κ2) is 58.0. The van der Waals surface area contributed by atoms with Crippen LogP contribution in [-0.4, -0.2) is 262 Å². The standard InChI is InChI=1S/C93H133N9O28S/c1-9-54(5)86(81(116)40-62(34-59-20-25-66(107)26-21-59)89(126)97-73(32-52(2)3)77(112)38-63(42-84(120)121)88(125)96-55(6)16-13-14-30-94)101-91(128)65(48-103)41-78(113)74(36-60-22-27-67(108)28-23-60)98-90(127)64(43-85(122)123)39-79(114)76(49-104)100-93(130)72(57(8)106)45-80(115)75(35-58-17-11-10-12-18-58)99-92(129)71(56(7)105)44-69(110)46-95-87(124)61(24-29-83(118)119)37-70(111)51-131-50-68(109)19-15-31-102-47-53(4)33-82(102)117/h10-12,17-18,20-23,25-28,52-57,61-65,71-76,86,103-108H,9,13-16,19,24,29-51,94H2,1-8H3,(H,95,124)(H,96,125)(H,97,126)(H,98,127)(H,99,129)(H,100,130)(H,101,128)(H,118,119)(H,120,121)(H,122,123)/t53-,54+,55-,56-,57-,61-,62-,63+,64+,65+,71+,72+,73+,74+,75+,76+,86+/m1/s1. The number of phenolic OH excluding ortho intramolecular Hbond substituents is 2. The topological polar surface area (TPSA) is 620 Å². The van der Waals surface area contributed by atoms with Crippen LogP contribution in [0.3, 0.4) is 0 Å². The van der Waals surface area contributed by atoms with E-state index in [0.29, 0.717) is 62.9 Å². The number of nitrogens with zero attached hydrogens (tertiary/aromatic N) is 1. The van der Waals surface area contributed by atoms with Gasteiger partial charge in [0.15, 0.2) is 34.7 Å². The number of carbonyl (C=O) groups excluding carboxylic acids is 16. The number of aromatic hydroxyl groups is 2. The van der Waals surface area contributed by atoms with E-state index in [1.54, 1.807) is 69.9 Å². The Morgan fingerprint density at radius 1 is 0.458 bits per heavy atom. The maximum absolute atomic E-state index is 14.8. The lowest BCUT2D eigenvalue weighted by Crippen LogP contribution is -2.52. The van der Waals surface area contributed by atoms with E-state index in [0.717, 1.165) is 25.6 Å². The normalized spacial score (nSPS) is 16.2. The first-order valence-corrected chi connectivity index (χ1v) is 45.7. The van der Waals surface area contributed by atoms with E-state index in [2.05, 4.69) is 37.2 Å². The number of Topliss-reactive ketones (excluding diaryl/α,β-unsaturated/α-hetero) is 8. The number of benzene rings is 3. The van der Waals surface area contributed by atoms with Gasteiger partial charge in [0.2, 0.25) is 47.3 Å². The highest BCUT2D eigenvalue weighted by atomic mass is 32.2. The minimum absolute atomic E-state index is 0.0231. The van der Waals surface area contributed by atoms with Gasteiger partial charge in [-0.1, -0.05) is 102 Å². The molecule has 0 aromatic heterocycles. The third kappa shape index (κ3) is 41.5. The fourth-order valence-electron chi connectivity index (χ4n) is 15.2. The SMILES string of the molecule is CC[C@H](C)[C@H](NC(=O)[C@H](CO)CC(=O)[C@H](Cc1ccc(O)cc1)NC(=O)[C@H](CC(=O)O)CC(=O)[C@H](CO)NC(=O)[C@@H](CC(=O)[C@H](Cc1ccccc1)NC(=O)[C@@H](CC(=O)CNC(=O)[C@H](CCC(=O)O)CC(=O)CSCC(=O)CCCN1C[C@H](C)CC1=O)[C@@H](C)O)[C@@H](C)O)C(=O)C[C@@H](Cc1ccc(O)cc1)C(=O)N[C@@H](CC(C)C)C(=O)C[C@@H](CC(=O)O)C(=O)N[C@H](C)CCCCN. The predicted molar refractivity (Wildman–Crippen MR) is 478 cm³/mol. The van der Waals surface area contributed by atoms with Crippen molar-refractivity contribution in [2.45, 2.75) is 245 Å². The van der Waals surface area contributed by atoms with Gasteiger partial charge in [-0.25, -0.2) is 0 Å². The van der Waals surface area contributed by atoms with Gasteiger partial charge < -0.3 is 93.8 Å². The van der Waals surface area contributed by atoms with Crippen LogP contribution in [0.5, 0.6) is 11.5 Å². The Morgan fingerprint density at radius 2 is 0.931 bits per heavy atom. The molecule has 18 N–H and O–H groups in total. The van der Waals surface area contributed by atoms with Gasteiger partial charge in [-0.05, 0) is 137 Å². The molecule has 0 unspecified atom stereocenters. The van der Waals surface area contributed by atoms with Gasteiger partial charge in [0, 0.05) is 95.2 Å². The number of nitrogens with two attached hydrogens (primary N) is 1. The van der Waals surface area contributed by atoms with Gasteiger partial charge in [-0.2, -0.15) is 0 Å². The first kappa shape index (κ1) is 112. The van der Waals surface area contributed by atoms with Crippen LogP contribution in [0.2, 0.25) is 0 Å². The molecule has 17 atom stereocenters. The van der Waals surface area contributed by atoms with Crippen molar-refractivity contribution in [1.29, 1.82) is 0 Å². The van der Waals surface area contributed by atoms with Crippen molar-refractivity contribution in [3.8, 4) is 11.5 Å². The lowest BCUT2D eigenvalue weighted by atomic mass is 9.85. The maximum atomic E-state index is 14.8. The third-order valence-corrected chi connectivity index (χ3v) is 24.0. The zero-order chi connectivity index (χ0) is 97.9. The Bertz CT molecular complexity index is 4360. The van der Waals surface area contributed by atoms with Crippen LogP contribution in [-0.2, 0) is 110 Å². The van der Waals surface area contributed by atoms with Crippen molar-refractivity contribution in [2.24, 2.45) is 64.9 Å². The van der Waals surface area contributed by atoms with Crippen molar-refractivity contribution in [1.82, 2.24) is 42.1 Å². The molecule has 0 saturated carbocycles. The molecule has 3 aromatic rings. The highest BCUT2D eigenvalue weighted by molar-refractivity contribution is 8.00. The first-order valence-electron chi connectivity index (χ1n) is 44.5. The number of rotatable bonds is 67. The number of unbranched alkanes of at least 4 members (excludes halogenated alkanes) is 1. The quantitative estimate of drug-likeness (QED) is 0.0361. The summed E-state index contributed by atoms with van der Waals surface area (Å²) in [6.07, 6.45) is -8.99. The fraction of sp³-hybridized carbons (Fsp3) is 0.602. The number of carboxylic acids is 3. The molecule has 1 heterocycles. The molecule has 8 amide bonds. The largest absolute Gasteiger partial charge is 0.508 e. The molecule has 131 heavy (non-hydrogen) atoms. The summed E-state index contributed by atoms with van der Waals surface area (Å²) in [5.74, 6) is -29.4. The molecule has 38 heteroatoms. The molecule has 4 rings (SSSR count). The average molecular weight is 1860 g/mol. The Hall–Kier alpha value is -11.1. The molecule has 0 aliphatic carbocycles. The predicted octanol–water partition coefficient (Wildman–Crippen LogP) is 2.93. The van der Waals surface area contributed by atoms with Crippen molar-refractivity contribution in [2.75, 3.05) is 50.9 Å². The molecule has 1 aliphatic heterocycles. The summed E-state index contributed by atoms with van der Waals surface area (Å²) >= 11 is 1.01. The van der Waals surface area contributed by atoms with E-state index >= 15 is 0 Å². The van der Waals surface area contributed by atoms with Crippen LogP contribution in [0.15, 0.2) is 78.9 Å². The van der Waals surface area contributed by atoms with Gasteiger partial charge in [-0.3, -0.25) is 91.1 Å². The number of nitrogens with one attached hydrogen (secondary N) is 7. The van der Waals surface area contributed by atoms with Gasteiger partial charge in [-0.15, -0.1) is 11.8 Å². The monoisotopic (exact) mass is 1860 g/mol. The number of aliphatic carboxylic acids is 3. The van der Waals surface area contributed by atoms with Crippen LogP contribution >= 0.6 is 11.8 Å². The highest BCUT2D eigenvalue weighted by Crippen LogP contribution is 2.27. The Labute approximate surface area is 766 Å². The van der Waals surface area contributed by atoms with Crippen molar-refractivity contribution in [3.63, 3.8) is 0 Å². The number of amides is 8. The first-order chi connectivity index (χ1) is 61.8. The van der Waals surface area contributed by atoms with Crippen LogP contribution in [0.1, 0.15) is 194 Å². The number of hydrogen-bond donors (Lipinski definition) is 17. The van der Waals surface area contributed by atoms with Crippen molar-refractivity contribution < 1.29 is 137 Å². The molecule has 0 spiro atoms. The fourth-order valence-corrected chi connectivity index (χ4v) is 16.0. The summed E-state index contributed by atoms with van der Waals surface area (Å²) in [6.45, 7) is 11.2. The lowest BCUT2D eigenvalue weighted by molar-refractivity contribution is -0.143. The average Bonchev–Trinajstić information content (AvgIpc) is 1.67. The summed E-state index contributed by atoms with van der Waals surface area (Å²) < 4.78 is 0. The molecule has 0 bridgehead atoms. The van der Waals surface area contributed by atoms with E-state index in [1.807, 2.05) is 6.92 Å². The summed E-state index contributed by atoms with van der Waals surface area (Å²) in [6, 6.07) is 10.5. The summed E-state index contributed by atoms with van der Waals surface area (Å²) in [4.78, 5) is 261. The number of carbonyl (C=O) groups is 19. The summed E-state index contributed by atoms with van der Waals surface area (Å²) in [7, 11) is 0. The molecule has 37 nitrogen and oxygen atoms in total. The molecule has 1 fully saturated rings. The minimum Gasteiger partial charge on any atom is -0.508 e. The smallest absolute Gasteiger partial charge is 0.304 e. The zero-order valence-electron chi connectivity index (χ0n) is 75.8. The Kier molecular flexibility index (Phi) is 49.7. The van der Waals surface area contributed by atoms with Crippen LogP contribution in [0.4, 0.5) is 0 Å². The summed E-state index contributed by atoms with van der Waals surface area (Å²) in [5.41, 5.74) is 6.78. The Balaban J connectivity index is 1.53. The Morgan fingerprint density at radius 3 is 1.44 bits per heavy atom. The molecule has 3 aromatic carbocycles. The molecule has 724 valence electrons. The molecular weight excluding hydrogens is 1720 g/mol. The van der Waals surface area contributed by atoms with Crippen LogP contribution < -0.4 is 43.0 Å². The number of aliphatic hydroxyl groups is 4. The number of thioether (sulfide) groups is 1. The third-order valence-electron chi connectivity index (χ3n) is 23.0. The number of ketones is 8. The van der Waals surface area contributed by atoms with E-state index in [9.17, 15) is 137 Å². The molecule has 0 radical (unpaired) electrons. The van der Waals surface area contributed by atoms with Crippen molar-refractivity contribution in [3.05, 3.63) is 95.6 Å². The highest BCUT2D eigenvalue weighted by Gasteiger charge is 2.41. The molecule has 1 saturated heterocycles. The second-order valence-electron chi connectivity index (χ2n) is 34.9. The number of carboxylic acid groups (broad SMARTS) is 3. The number of hydrogen-bond acceptors (Lipinski definition) is 27. The number of likely N-dealkylation sites (tertiary alicyclic amines) is 1. The van der Waals surface area contributed by atoms with Gasteiger partial charge in [0.1, 0.15) is 29.1 Å². The van der Waals surface area contributed by atoms with Crippen LogP contribution in [0, 0.1) is 59.2 Å². The minimum atomic E-state index is -1.99. The molecule has 1 aliphatic rings. The van der Waals surface area contributed by atoms with Gasteiger partial charge in [0.05, 0.1) is 110 Å². The van der Waals surface area contributed by atoms with Crippen LogP contribution in [0.25, 0.3) is 0 Å². The molecular formula is C93H133N9O28S.